The maximum atomic E-state index is 13.0. The van der Waals surface area contributed by atoms with Gasteiger partial charge in [-0.25, -0.2) is 9.48 Å². The minimum atomic E-state index is -1.29. The van der Waals surface area contributed by atoms with Gasteiger partial charge in [0.25, 0.3) is 11.5 Å². The van der Waals surface area contributed by atoms with E-state index in [4.69, 9.17) is 0 Å². The van der Waals surface area contributed by atoms with Gasteiger partial charge in [-0.1, -0.05) is 32.0 Å². The Morgan fingerprint density at radius 3 is 2.48 bits per heavy atom. The number of nitrogens with zero attached hydrogens (tertiary/aromatic N) is 2. The summed E-state index contributed by atoms with van der Waals surface area (Å²) in [7, 11) is 0. The van der Waals surface area contributed by atoms with E-state index in [-0.39, 0.29) is 17.2 Å². The summed E-state index contributed by atoms with van der Waals surface area (Å²) in [6.45, 7) is 4.30. The lowest BCUT2D eigenvalue weighted by Gasteiger charge is -2.33. The number of thioether (sulfide) groups is 1. The van der Waals surface area contributed by atoms with Gasteiger partial charge in [0.1, 0.15) is 5.54 Å². The van der Waals surface area contributed by atoms with E-state index in [0.29, 0.717) is 41.7 Å². The van der Waals surface area contributed by atoms with E-state index < -0.39 is 17.4 Å². The van der Waals surface area contributed by atoms with Crippen molar-refractivity contribution in [1.82, 2.24) is 15.1 Å². The third-order valence-corrected chi connectivity index (χ3v) is 5.72. The zero-order valence-corrected chi connectivity index (χ0v) is 16.2. The molecule has 1 fully saturated rings. The van der Waals surface area contributed by atoms with Crippen molar-refractivity contribution < 1.29 is 14.7 Å². The van der Waals surface area contributed by atoms with Crippen molar-refractivity contribution in [2.24, 2.45) is 5.92 Å². The Labute approximate surface area is 161 Å². The Morgan fingerprint density at radius 1 is 1.26 bits per heavy atom. The van der Waals surface area contributed by atoms with Crippen LogP contribution in [-0.2, 0) is 11.3 Å². The Hall–Kier alpha value is -2.35. The zero-order valence-electron chi connectivity index (χ0n) is 15.4. The van der Waals surface area contributed by atoms with Crippen LogP contribution in [0.2, 0.25) is 0 Å². The fraction of sp³-hybridized carbons (Fsp3) is 0.474. The van der Waals surface area contributed by atoms with Crippen molar-refractivity contribution >= 4 is 34.4 Å². The van der Waals surface area contributed by atoms with E-state index in [1.165, 1.54) is 4.68 Å². The molecule has 1 saturated heterocycles. The number of amides is 1. The molecule has 27 heavy (non-hydrogen) atoms. The number of rotatable bonds is 5. The standard InChI is InChI=1S/C19H23N3O4S/c1-12(2)11-22-17(24)14-6-4-3-5-13(14)15(21-22)16(23)20-19(18(25)26)7-9-27-10-8-19/h3-6,12H,7-11H2,1-2H3,(H,20,23)(H,25,26). The monoisotopic (exact) mass is 389 g/mol. The van der Waals surface area contributed by atoms with Crippen LogP contribution in [0.1, 0.15) is 37.2 Å². The first-order chi connectivity index (χ1) is 12.8. The summed E-state index contributed by atoms with van der Waals surface area (Å²) in [6, 6.07) is 6.80. The molecule has 3 rings (SSSR count). The first-order valence-corrected chi connectivity index (χ1v) is 10.1. The molecular formula is C19H23N3O4S. The number of aliphatic carboxylic acids is 1. The summed E-state index contributed by atoms with van der Waals surface area (Å²) in [4.78, 5) is 37.6. The molecule has 1 aromatic heterocycles. The van der Waals surface area contributed by atoms with Gasteiger partial charge in [0, 0.05) is 11.9 Å². The topological polar surface area (TPSA) is 101 Å². The SMILES string of the molecule is CC(C)Cn1nc(C(=O)NC2(C(=O)O)CCSCC2)c2ccccc2c1=O. The van der Waals surface area contributed by atoms with Gasteiger partial charge < -0.3 is 10.4 Å². The van der Waals surface area contributed by atoms with E-state index in [1.807, 2.05) is 13.8 Å². The van der Waals surface area contributed by atoms with E-state index in [2.05, 4.69) is 10.4 Å². The summed E-state index contributed by atoms with van der Waals surface area (Å²) in [5.74, 6) is -0.0664. The maximum absolute atomic E-state index is 13.0. The zero-order chi connectivity index (χ0) is 19.6. The lowest BCUT2D eigenvalue weighted by atomic mass is 9.92. The number of benzene rings is 1. The van der Waals surface area contributed by atoms with Crippen molar-refractivity contribution in [1.29, 1.82) is 0 Å². The highest BCUT2D eigenvalue weighted by Gasteiger charge is 2.42. The molecule has 2 heterocycles. The van der Waals surface area contributed by atoms with Crippen molar-refractivity contribution in [3.63, 3.8) is 0 Å². The first kappa shape index (κ1) is 19.4. The van der Waals surface area contributed by atoms with Gasteiger partial charge >= 0.3 is 5.97 Å². The highest BCUT2D eigenvalue weighted by Crippen LogP contribution is 2.28. The van der Waals surface area contributed by atoms with Crippen LogP contribution < -0.4 is 10.9 Å². The quantitative estimate of drug-likeness (QED) is 0.812. The van der Waals surface area contributed by atoms with Crippen molar-refractivity contribution in [3.05, 3.63) is 40.3 Å². The molecule has 1 aliphatic rings. The van der Waals surface area contributed by atoms with Crippen molar-refractivity contribution in [2.45, 2.75) is 38.8 Å². The second kappa shape index (κ2) is 7.72. The third-order valence-electron chi connectivity index (χ3n) is 4.73. The number of hydrogen-bond donors (Lipinski definition) is 2. The summed E-state index contributed by atoms with van der Waals surface area (Å²) >= 11 is 1.68. The minimum absolute atomic E-state index is 0.0877. The molecule has 2 N–H and O–H groups in total. The smallest absolute Gasteiger partial charge is 0.329 e. The van der Waals surface area contributed by atoms with Crippen LogP contribution in [0.3, 0.4) is 0 Å². The lowest BCUT2D eigenvalue weighted by Crippen LogP contribution is -2.56. The minimum Gasteiger partial charge on any atom is -0.480 e. The molecule has 0 bridgehead atoms. The van der Waals surface area contributed by atoms with E-state index >= 15 is 0 Å². The van der Waals surface area contributed by atoms with Gasteiger partial charge in [-0.3, -0.25) is 9.59 Å². The maximum Gasteiger partial charge on any atom is 0.329 e. The molecule has 0 spiro atoms. The Bertz CT molecular complexity index is 932. The molecule has 0 radical (unpaired) electrons. The molecule has 0 unspecified atom stereocenters. The second-order valence-electron chi connectivity index (χ2n) is 7.23. The van der Waals surface area contributed by atoms with Crippen LogP contribution in [0.4, 0.5) is 0 Å². The van der Waals surface area contributed by atoms with E-state index in [0.717, 1.165) is 0 Å². The number of fused-ring (bicyclic) bond motifs is 1. The highest BCUT2D eigenvalue weighted by molar-refractivity contribution is 7.99. The Morgan fingerprint density at radius 2 is 1.89 bits per heavy atom. The molecular weight excluding hydrogens is 366 g/mol. The van der Waals surface area contributed by atoms with Gasteiger partial charge in [0.15, 0.2) is 5.69 Å². The number of carbonyl (C=O) groups excluding carboxylic acids is 1. The molecule has 2 aromatic rings. The molecule has 1 amide bonds. The summed E-state index contributed by atoms with van der Waals surface area (Å²) in [5, 5.41) is 17.6. The van der Waals surface area contributed by atoms with Gasteiger partial charge in [0.2, 0.25) is 0 Å². The van der Waals surface area contributed by atoms with E-state index in [9.17, 15) is 19.5 Å². The average Bonchev–Trinajstić information content (AvgIpc) is 2.64. The molecule has 0 atom stereocenters. The van der Waals surface area contributed by atoms with Crippen LogP contribution in [0.5, 0.6) is 0 Å². The summed E-state index contributed by atoms with van der Waals surface area (Å²) in [6.07, 6.45) is 0.727. The largest absolute Gasteiger partial charge is 0.480 e. The van der Waals surface area contributed by atoms with E-state index in [1.54, 1.807) is 36.0 Å². The first-order valence-electron chi connectivity index (χ1n) is 8.97. The summed E-state index contributed by atoms with van der Waals surface area (Å²) < 4.78 is 1.30. The molecule has 0 aliphatic carbocycles. The Balaban J connectivity index is 2.07. The number of hydrogen-bond acceptors (Lipinski definition) is 5. The van der Waals surface area contributed by atoms with Gasteiger partial charge in [-0.2, -0.15) is 16.9 Å². The fourth-order valence-electron chi connectivity index (χ4n) is 3.26. The molecule has 0 saturated carbocycles. The Kier molecular flexibility index (Phi) is 5.55. The number of aromatic nitrogens is 2. The van der Waals surface area contributed by atoms with Crippen LogP contribution in [-0.4, -0.2) is 43.8 Å². The number of carbonyl (C=O) groups is 2. The fourth-order valence-corrected chi connectivity index (χ4v) is 4.45. The van der Waals surface area contributed by atoms with Gasteiger partial charge in [-0.05, 0) is 36.3 Å². The lowest BCUT2D eigenvalue weighted by molar-refractivity contribution is -0.144. The molecule has 1 aliphatic heterocycles. The van der Waals surface area contributed by atoms with Crippen LogP contribution in [0.15, 0.2) is 29.1 Å². The molecule has 144 valence electrons. The van der Waals surface area contributed by atoms with Crippen LogP contribution >= 0.6 is 11.8 Å². The van der Waals surface area contributed by atoms with Gasteiger partial charge in [-0.15, -0.1) is 0 Å². The third kappa shape index (κ3) is 3.85. The van der Waals surface area contributed by atoms with Crippen molar-refractivity contribution in [3.8, 4) is 0 Å². The highest BCUT2D eigenvalue weighted by atomic mass is 32.2. The molecule has 1 aromatic carbocycles. The normalized spacial score (nSPS) is 16.4. The second-order valence-corrected chi connectivity index (χ2v) is 8.45. The van der Waals surface area contributed by atoms with Crippen molar-refractivity contribution in [2.75, 3.05) is 11.5 Å². The molecule has 7 nitrogen and oxygen atoms in total. The number of nitrogens with one attached hydrogen (secondary N) is 1. The van der Waals surface area contributed by atoms with Gasteiger partial charge in [0.05, 0.1) is 5.39 Å². The predicted molar refractivity (Wildman–Crippen MR) is 105 cm³/mol. The average molecular weight is 389 g/mol. The summed E-state index contributed by atoms with van der Waals surface area (Å²) in [5.41, 5.74) is -1.45. The van der Waals surface area contributed by atoms with Crippen LogP contribution in [0, 0.1) is 5.92 Å². The number of carboxylic acid groups (broad SMARTS) is 1. The number of carboxylic acids is 1. The molecule has 8 heteroatoms. The predicted octanol–water partition coefficient (Wildman–Crippen LogP) is 2.13. The van der Waals surface area contributed by atoms with Crippen LogP contribution in [0.25, 0.3) is 10.8 Å².